The van der Waals surface area contributed by atoms with Crippen LogP contribution in [0.5, 0.6) is 11.5 Å². The number of ether oxygens (including phenoxy) is 2. The number of carbonyl (C=O) groups excluding carboxylic acids is 1. The van der Waals surface area contributed by atoms with Crippen molar-refractivity contribution in [3.63, 3.8) is 0 Å². The van der Waals surface area contributed by atoms with Gasteiger partial charge in [-0.2, -0.15) is 0 Å². The van der Waals surface area contributed by atoms with E-state index in [1.54, 1.807) is 36.9 Å². The van der Waals surface area contributed by atoms with E-state index >= 15 is 0 Å². The van der Waals surface area contributed by atoms with Gasteiger partial charge in [-0.15, -0.1) is 0 Å². The van der Waals surface area contributed by atoms with Crippen LogP contribution in [0.15, 0.2) is 71.6 Å². The summed E-state index contributed by atoms with van der Waals surface area (Å²) in [6.45, 7) is 4.09. The molecule has 178 valence electrons. The van der Waals surface area contributed by atoms with Gasteiger partial charge in [0.05, 0.1) is 11.4 Å². The number of hydrogen-bond donors (Lipinski definition) is 1. The SMILES string of the molecule is Cc1ccc(S(=O)(=O)Nc2ccc3c(c2)CN(CCOc2ccccc2)C(=O)C(C)O3)cc1F. The summed E-state index contributed by atoms with van der Waals surface area (Å²) in [5, 5.41) is 0. The van der Waals surface area contributed by atoms with Crippen LogP contribution < -0.4 is 14.2 Å². The number of sulfonamides is 1. The van der Waals surface area contributed by atoms with E-state index in [1.165, 1.54) is 12.1 Å². The molecule has 1 heterocycles. The molecule has 34 heavy (non-hydrogen) atoms. The Bertz CT molecular complexity index is 1300. The fraction of sp³-hybridized carbons (Fsp3) is 0.240. The largest absolute Gasteiger partial charge is 0.492 e. The molecule has 0 radical (unpaired) electrons. The monoisotopic (exact) mass is 484 g/mol. The van der Waals surface area contributed by atoms with E-state index in [-0.39, 0.29) is 23.0 Å². The van der Waals surface area contributed by atoms with E-state index in [0.717, 1.165) is 6.07 Å². The number of anilines is 1. The standard InChI is InChI=1S/C25H25FN2O5S/c1-17-8-10-22(15-23(17)26)34(30,31)27-20-9-11-24-19(14-20)16-28(25(29)18(2)33-24)12-13-32-21-6-4-3-5-7-21/h3-11,14-15,18,27H,12-13,16H2,1-2H3. The first-order chi connectivity index (χ1) is 16.2. The molecular formula is C25H25FN2O5S. The molecule has 1 aliphatic rings. The molecule has 3 aromatic carbocycles. The smallest absolute Gasteiger partial charge is 0.263 e. The molecule has 1 aliphatic heterocycles. The maximum atomic E-state index is 13.9. The highest BCUT2D eigenvalue weighted by Crippen LogP contribution is 2.30. The lowest BCUT2D eigenvalue weighted by atomic mass is 10.1. The molecule has 1 atom stereocenters. The van der Waals surface area contributed by atoms with Gasteiger partial charge in [-0.3, -0.25) is 9.52 Å². The number of para-hydroxylation sites is 1. The molecule has 0 aliphatic carbocycles. The van der Waals surface area contributed by atoms with Gasteiger partial charge in [0.1, 0.15) is 23.9 Å². The second kappa shape index (κ2) is 9.72. The van der Waals surface area contributed by atoms with Crippen molar-refractivity contribution >= 4 is 21.6 Å². The van der Waals surface area contributed by atoms with E-state index in [1.807, 2.05) is 30.3 Å². The van der Waals surface area contributed by atoms with Gasteiger partial charge < -0.3 is 14.4 Å². The van der Waals surface area contributed by atoms with E-state index in [2.05, 4.69) is 4.72 Å². The highest BCUT2D eigenvalue weighted by Gasteiger charge is 2.28. The summed E-state index contributed by atoms with van der Waals surface area (Å²) < 4.78 is 53.4. The lowest BCUT2D eigenvalue weighted by Gasteiger charge is -2.22. The zero-order valence-corrected chi connectivity index (χ0v) is 19.6. The second-order valence-electron chi connectivity index (χ2n) is 8.02. The van der Waals surface area contributed by atoms with Crippen LogP contribution >= 0.6 is 0 Å². The highest BCUT2D eigenvalue weighted by atomic mass is 32.2. The second-order valence-corrected chi connectivity index (χ2v) is 9.70. The van der Waals surface area contributed by atoms with Crippen LogP contribution in [0, 0.1) is 12.7 Å². The van der Waals surface area contributed by atoms with Crippen LogP contribution in [-0.4, -0.2) is 38.5 Å². The van der Waals surface area contributed by atoms with Crippen molar-refractivity contribution in [3.8, 4) is 11.5 Å². The summed E-state index contributed by atoms with van der Waals surface area (Å²) in [4.78, 5) is 14.3. The molecule has 0 saturated carbocycles. The molecule has 4 rings (SSSR count). The Kier molecular flexibility index (Phi) is 6.74. The molecule has 0 spiro atoms. The Labute approximate surface area is 198 Å². The number of fused-ring (bicyclic) bond motifs is 1. The number of rotatable bonds is 7. The Balaban J connectivity index is 1.51. The first kappa shape index (κ1) is 23.6. The number of nitrogens with zero attached hydrogens (tertiary/aromatic N) is 1. The molecule has 1 amide bonds. The Hall–Kier alpha value is -3.59. The summed E-state index contributed by atoms with van der Waals surface area (Å²) in [6.07, 6.45) is -0.698. The summed E-state index contributed by atoms with van der Waals surface area (Å²) in [6, 6.07) is 17.8. The van der Waals surface area contributed by atoms with Crippen molar-refractivity contribution in [3.05, 3.63) is 83.7 Å². The zero-order valence-electron chi connectivity index (χ0n) is 18.8. The molecule has 7 nitrogen and oxygen atoms in total. The average Bonchev–Trinajstić information content (AvgIpc) is 2.92. The molecule has 9 heteroatoms. The molecule has 0 saturated heterocycles. The minimum atomic E-state index is -4.00. The number of halogens is 1. The van der Waals surface area contributed by atoms with Gasteiger partial charge >= 0.3 is 0 Å². The molecular weight excluding hydrogens is 459 g/mol. The Morgan fingerprint density at radius 3 is 2.62 bits per heavy atom. The first-order valence-electron chi connectivity index (χ1n) is 10.8. The quantitative estimate of drug-likeness (QED) is 0.545. The van der Waals surface area contributed by atoms with Gasteiger partial charge in [0, 0.05) is 17.8 Å². The van der Waals surface area contributed by atoms with Gasteiger partial charge in [0.15, 0.2) is 6.10 Å². The molecule has 1 N–H and O–H groups in total. The predicted molar refractivity (Wildman–Crippen MR) is 126 cm³/mol. The zero-order chi connectivity index (χ0) is 24.3. The number of aryl methyl sites for hydroxylation is 1. The Morgan fingerprint density at radius 1 is 1.12 bits per heavy atom. The van der Waals surface area contributed by atoms with Crippen LogP contribution in [-0.2, 0) is 21.4 Å². The number of nitrogens with one attached hydrogen (secondary N) is 1. The number of hydrogen-bond acceptors (Lipinski definition) is 5. The molecule has 0 fully saturated rings. The number of carbonyl (C=O) groups is 1. The fourth-order valence-electron chi connectivity index (χ4n) is 3.60. The average molecular weight is 485 g/mol. The van der Waals surface area contributed by atoms with Crippen LogP contribution in [0.2, 0.25) is 0 Å². The van der Waals surface area contributed by atoms with Gasteiger partial charge in [0.2, 0.25) is 0 Å². The predicted octanol–water partition coefficient (Wildman–Crippen LogP) is 4.12. The van der Waals surface area contributed by atoms with Crippen LogP contribution in [0.25, 0.3) is 0 Å². The minimum absolute atomic E-state index is 0.176. The van der Waals surface area contributed by atoms with Crippen LogP contribution in [0.4, 0.5) is 10.1 Å². The van der Waals surface area contributed by atoms with Crippen molar-refractivity contribution in [2.24, 2.45) is 0 Å². The molecule has 1 unspecified atom stereocenters. The van der Waals surface area contributed by atoms with Crippen molar-refractivity contribution < 1.29 is 27.1 Å². The normalized spacial score (nSPS) is 15.8. The van der Waals surface area contributed by atoms with Gasteiger partial charge in [-0.05, 0) is 61.9 Å². The lowest BCUT2D eigenvalue weighted by Crippen LogP contribution is -2.40. The molecule has 0 bridgehead atoms. The molecule has 3 aromatic rings. The van der Waals surface area contributed by atoms with Crippen molar-refractivity contribution in [1.29, 1.82) is 0 Å². The first-order valence-corrected chi connectivity index (χ1v) is 12.3. The van der Waals surface area contributed by atoms with E-state index in [4.69, 9.17) is 9.47 Å². The van der Waals surface area contributed by atoms with Crippen LogP contribution in [0.3, 0.4) is 0 Å². The maximum Gasteiger partial charge on any atom is 0.263 e. The maximum absolute atomic E-state index is 13.9. The third-order valence-corrected chi connectivity index (χ3v) is 6.84. The van der Waals surface area contributed by atoms with Gasteiger partial charge in [0.25, 0.3) is 15.9 Å². The van der Waals surface area contributed by atoms with Crippen molar-refractivity contribution in [1.82, 2.24) is 4.90 Å². The summed E-state index contributed by atoms with van der Waals surface area (Å²) in [5.74, 6) is 0.416. The third kappa shape index (κ3) is 5.31. The van der Waals surface area contributed by atoms with Gasteiger partial charge in [-0.25, -0.2) is 12.8 Å². The molecule has 0 aromatic heterocycles. The topological polar surface area (TPSA) is 84.9 Å². The Morgan fingerprint density at radius 2 is 1.88 bits per heavy atom. The minimum Gasteiger partial charge on any atom is -0.492 e. The van der Waals surface area contributed by atoms with Crippen LogP contribution in [0.1, 0.15) is 18.1 Å². The number of benzene rings is 3. The van der Waals surface area contributed by atoms with E-state index in [0.29, 0.717) is 35.8 Å². The lowest BCUT2D eigenvalue weighted by molar-refractivity contribution is -0.138. The van der Waals surface area contributed by atoms with Gasteiger partial charge in [-0.1, -0.05) is 24.3 Å². The van der Waals surface area contributed by atoms with E-state index < -0.39 is 21.9 Å². The summed E-state index contributed by atoms with van der Waals surface area (Å²) in [7, 11) is -4.00. The summed E-state index contributed by atoms with van der Waals surface area (Å²) in [5.41, 5.74) is 1.29. The van der Waals surface area contributed by atoms with Crippen molar-refractivity contribution in [2.75, 3.05) is 17.9 Å². The fourth-order valence-corrected chi connectivity index (χ4v) is 4.66. The highest BCUT2D eigenvalue weighted by molar-refractivity contribution is 7.92. The van der Waals surface area contributed by atoms with E-state index in [9.17, 15) is 17.6 Å². The third-order valence-electron chi connectivity index (χ3n) is 5.46. The summed E-state index contributed by atoms with van der Waals surface area (Å²) >= 11 is 0. The van der Waals surface area contributed by atoms with Crippen molar-refractivity contribution in [2.45, 2.75) is 31.4 Å². The number of amides is 1.